The number of thiophene rings is 1. The highest BCUT2D eigenvalue weighted by Gasteiger charge is 2.21. The predicted octanol–water partition coefficient (Wildman–Crippen LogP) is 3.49. The lowest BCUT2D eigenvalue weighted by Gasteiger charge is -2.20. The molecule has 1 heterocycles. The quantitative estimate of drug-likeness (QED) is 0.442. The minimum absolute atomic E-state index is 0.125. The second kappa shape index (κ2) is 7.55. The molecule has 1 aromatic carbocycles. The molecule has 0 fully saturated rings. The first kappa shape index (κ1) is 16.7. The van der Waals surface area contributed by atoms with Gasteiger partial charge in [-0.05, 0) is 23.6 Å². The summed E-state index contributed by atoms with van der Waals surface area (Å²) in [5.74, 6) is -0.163. The molecule has 7 heteroatoms. The summed E-state index contributed by atoms with van der Waals surface area (Å²) in [4.78, 5) is 25.8. The van der Waals surface area contributed by atoms with Crippen molar-refractivity contribution in [3.05, 3.63) is 68.9 Å². The summed E-state index contributed by atoms with van der Waals surface area (Å²) in [5, 5.41) is 13.0. The summed E-state index contributed by atoms with van der Waals surface area (Å²) < 4.78 is 4.95. The highest BCUT2D eigenvalue weighted by atomic mass is 32.1. The fraction of sp³-hybridized carbons (Fsp3) is 0.188. The van der Waals surface area contributed by atoms with Crippen molar-refractivity contribution in [2.45, 2.75) is 6.54 Å². The summed E-state index contributed by atoms with van der Waals surface area (Å²) in [5.41, 5.74) is 0.0175. The largest absolute Gasteiger partial charge is 0.490 e. The Bertz CT molecular complexity index is 713. The molecule has 0 bridgehead atoms. The van der Waals surface area contributed by atoms with Crippen LogP contribution < -0.4 is 4.74 Å². The first-order valence-electron chi connectivity index (χ1n) is 6.81. The minimum Gasteiger partial charge on any atom is -0.490 e. The molecule has 23 heavy (non-hydrogen) atoms. The van der Waals surface area contributed by atoms with Crippen LogP contribution in [-0.2, 0) is 6.54 Å². The van der Waals surface area contributed by atoms with Crippen molar-refractivity contribution in [3.8, 4) is 5.75 Å². The van der Waals surface area contributed by atoms with Crippen LogP contribution in [0.3, 0.4) is 0 Å². The zero-order valence-electron chi connectivity index (χ0n) is 12.6. The van der Waals surface area contributed by atoms with Gasteiger partial charge in [-0.3, -0.25) is 14.9 Å². The Labute approximate surface area is 137 Å². The van der Waals surface area contributed by atoms with Gasteiger partial charge in [0, 0.05) is 23.1 Å². The van der Waals surface area contributed by atoms with Crippen molar-refractivity contribution in [3.63, 3.8) is 0 Å². The maximum Gasteiger partial charge on any atom is 0.311 e. The fourth-order valence-electron chi connectivity index (χ4n) is 2.11. The van der Waals surface area contributed by atoms with Crippen LogP contribution >= 0.6 is 11.3 Å². The van der Waals surface area contributed by atoms with Crippen molar-refractivity contribution >= 4 is 22.9 Å². The number of benzene rings is 1. The number of hydrogen-bond acceptors (Lipinski definition) is 5. The van der Waals surface area contributed by atoms with Crippen LogP contribution in [-0.4, -0.2) is 29.4 Å². The summed E-state index contributed by atoms with van der Waals surface area (Å²) in [6, 6.07) is 8.05. The molecule has 0 radical (unpaired) electrons. The molecule has 0 aliphatic heterocycles. The van der Waals surface area contributed by atoms with E-state index in [0.717, 1.165) is 4.88 Å². The van der Waals surface area contributed by atoms with E-state index >= 15 is 0 Å². The average molecular weight is 332 g/mol. The van der Waals surface area contributed by atoms with Crippen LogP contribution in [0.1, 0.15) is 15.2 Å². The molecular weight excluding hydrogens is 316 g/mol. The van der Waals surface area contributed by atoms with Gasteiger partial charge in [-0.2, -0.15) is 0 Å². The molecule has 2 aromatic rings. The summed E-state index contributed by atoms with van der Waals surface area (Å²) in [6.07, 6.45) is 1.63. The topological polar surface area (TPSA) is 72.7 Å². The maximum atomic E-state index is 12.7. The molecule has 0 saturated carbocycles. The number of nitrogens with zero attached hydrogens (tertiary/aromatic N) is 2. The highest BCUT2D eigenvalue weighted by molar-refractivity contribution is 7.09. The Morgan fingerprint density at radius 1 is 1.48 bits per heavy atom. The van der Waals surface area contributed by atoms with Crippen molar-refractivity contribution in [2.75, 3.05) is 13.7 Å². The van der Waals surface area contributed by atoms with Crippen molar-refractivity contribution in [2.24, 2.45) is 0 Å². The standard InChI is InChI=1S/C16H16N2O4S/c1-3-8-17(11-13-5-4-9-23-13)16(19)12-6-7-15(22-2)14(10-12)18(20)21/h3-7,9-10H,1,8,11H2,2H3. The molecule has 2 rings (SSSR count). The Kier molecular flexibility index (Phi) is 5.48. The zero-order valence-corrected chi connectivity index (χ0v) is 13.4. The molecule has 120 valence electrons. The number of hydrogen-bond donors (Lipinski definition) is 0. The van der Waals surface area contributed by atoms with E-state index in [0.29, 0.717) is 13.1 Å². The lowest BCUT2D eigenvalue weighted by atomic mass is 10.1. The Morgan fingerprint density at radius 3 is 2.83 bits per heavy atom. The van der Waals surface area contributed by atoms with Crippen LogP contribution in [0.25, 0.3) is 0 Å². The molecule has 1 aromatic heterocycles. The first-order valence-corrected chi connectivity index (χ1v) is 7.69. The van der Waals surface area contributed by atoms with Crippen molar-refractivity contribution < 1.29 is 14.5 Å². The van der Waals surface area contributed by atoms with Gasteiger partial charge in [0.15, 0.2) is 5.75 Å². The number of methoxy groups -OCH3 is 1. The lowest BCUT2D eigenvalue weighted by molar-refractivity contribution is -0.385. The number of carbonyl (C=O) groups excluding carboxylic acids is 1. The van der Waals surface area contributed by atoms with Crippen molar-refractivity contribution in [1.82, 2.24) is 4.90 Å². The van der Waals surface area contributed by atoms with E-state index < -0.39 is 4.92 Å². The third-order valence-electron chi connectivity index (χ3n) is 3.19. The fourth-order valence-corrected chi connectivity index (χ4v) is 2.83. The molecule has 6 nitrogen and oxygen atoms in total. The normalized spacial score (nSPS) is 10.1. The molecule has 0 saturated heterocycles. The van der Waals surface area contributed by atoms with Gasteiger partial charge in [-0.15, -0.1) is 17.9 Å². The van der Waals surface area contributed by atoms with E-state index in [4.69, 9.17) is 4.74 Å². The van der Waals surface area contributed by atoms with Gasteiger partial charge in [0.25, 0.3) is 5.91 Å². The van der Waals surface area contributed by atoms with E-state index in [1.807, 2.05) is 17.5 Å². The molecule has 0 N–H and O–H groups in total. The lowest BCUT2D eigenvalue weighted by Crippen LogP contribution is -2.30. The second-order valence-electron chi connectivity index (χ2n) is 4.70. The summed E-state index contributed by atoms with van der Waals surface area (Å²) in [6.45, 7) is 4.45. The van der Waals surface area contributed by atoms with Gasteiger partial charge in [0.05, 0.1) is 18.6 Å². The van der Waals surface area contributed by atoms with E-state index in [1.165, 1.54) is 25.3 Å². The van der Waals surface area contributed by atoms with Gasteiger partial charge >= 0.3 is 5.69 Å². The molecule has 0 unspecified atom stereocenters. The molecule has 1 amide bonds. The number of carbonyl (C=O) groups is 1. The van der Waals surface area contributed by atoms with E-state index in [-0.39, 0.29) is 22.9 Å². The Balaban J connectivity index is 2.30. The molecule has 0 atom stereocenters. The van der Waals surface area contributed by atoms with Crippen LogP contribution in [0.15, 0.2) is 48.4 Å². The third-order valence-corrected chi connectivity index (χ3v) is 4.05. The predicted molar refractivity (Wildman–Crippen MR) is 88.9 cm³/mol. The van der Waals surface area contributed by atoms with Crippen LogP contribution in [0.2, 0.25) is 0 Å². The van der Waals surface area contributed by atoms with Crippen molar-refractivity contribution in [1.29, 1.82) is 0 Å². The van der Waals surface area contributed by atoms with Gasteiger partial charge < -0.3 is 9.64 Å². The maximum absolute atomic E-state index is 12.7. The van der Waals surface area contributed by atoms with Gasteiger partial charge in [-0.1, -0.05) is 12.1 Å². The van der Waals surface area contributed by atoms with E-state index in [2.05, 4.69) is 6.58 Å². The summed E-state index contributed by atoms with van der Waals surface area (Å²) >= 11 is 1.55. The van der Waals surface area contributed by atoms with Crippen LogP contribution in [0.5, 0.6) is 5.75 Å². The SMILES string of the molecule is C=CCN(Cc1cccs1)C(=O)c1ccc(OC)c([N+](=O)[O-])c1. The highest BCUT2D eigenvalue weighted by Crippen LogP contribution is 2.28. The minimum atomic E-state index is -0.563. The number of amides is 1. The molecule has 0 aliphatic rings. The molecular formula is C16H16N2O4S. The number of ether oxygens (including phenoxy) is 1. The zero-order chi connectivity index (χ0) is 16.8. The van der Waals surface area contributed by atoms with Gasteiger partial charge in [0.2, 0.25) is 0 Å². The smallest absolute Gasteiger partial charge is 0.311 e. The first-order chi connectivity index (χ1) is 11.1. The van der Waals surface area contributed by atoms with E-state index in [9.17, 15) is 14.9 Å². The van der Waals surface area contributed by atoms with Crippen LogP contribution in [0.4, 0.5) is 5.69 Å². The van der Waals surface area contributed by atoms with Gasteiger partial charge in [0.1, 0.15) is 0 Å². The Morgan fingerprint density at radius 2 is 2.26 bits per heavy atom. The Hall–Kier alpha value is -2.67. The van der Waals surface area contributed by atoms with Gasteiger partial charge in [-0.25, -0.2) is 0 Å². The monoisotopic (exact) mass is 332 g/mol. The number of nitro benzene ring substituents is 1. The summed E-state index contributed by atoms with van der Waals surface area (Å²) in [7, 11) is 1.35. The second-order valence-corrected chi connectivity index (χ2v) is 5.73. The number of nitro groups is 1. The van der Waals surface area contributed by atoms with Crippen LogP contribution in [0, 0.1) is 10.1 Å². The van der Waals surface area contributed by atoms with E-state index in [1.54, 1.807) is 22.3 Å². The molecule has 0 spiro atoms. The molecule has 0 aliphatic carbocycles. The third kappa shape index (κ3) is 3.95. The number of rotatable bonds is 7. The average Bonchev–Trinajstić information content (AvgIpc) is 3.06.